The number of imidazole rings is 1. The number of rotatable bonds is 7. The summed E-state index contributed by atoms with van der Waals surface area (Å²) in [6.07, 6.45) is 0. The van der Waals surface area contributed by atoms with Gasteiger partial charge < -0.3 is 29.8 Å². The van der Waals surface area contributed by atoms with Gasteiger partial charge in [-0.3, -0.25) is 9.69 Å². The lowest BCUT2D eigenvalue weighted by Gasteiger charge is -2.25. The number of H-pyrrole nitrogens is 1. The van der Waals surface area contributed by atoms with Crippen molar-refractivity contribution in [1.29, 1.82) is 0 Å². The second-order valence-electron chi connectivity index (χ2n) is 7.22. The molecule has 1 fully saturated rings. The molecule has 10 nitrogen and oxygen atoms in total. The normalized spacial score (nSPS) is 17.8. The summed E-state index contributed by atoms with van der Waals surface area (Å²) >= 11 is 0. The number of aliphatic hydroxyl groups excluding tert-OH is 1. The molecule has 2 aromatic rings. The van der Waals surface area contributed by atoms with E-state index in [1.54, 1.807) is 0 Å². The van der Waals surface area contributed by atoms with E-state index in [4.69, 9.17) is 9.47 Å². The van der Waals surface area contributed by atoms with Crippen LogP contribution in [0.5, 0.6) is 0 Å². The fraction of sp³-hybridized carbons (Fsp3) is 0.450. The molecular weight excluding hydrogens is 390 g/mol. The first-order chi connectivity index (χ1) is 14.6. The first kappa shape index (κ1) is 20.3. The molecule has 0 saturated carbocycles. The van der Waals surface area contributed by atoms with Gasteiger partial charge in [0.05, 0.1) is 56.6 Å². The van der Waals surface area contributed by atoms with Crippen LogP contribution in [0.15, 0.2) is 29.5 Å². The molecule has 0 unspecified atom stereocenters. The van der Waals surface area contributed by atoms with Crippen molar-refractivity contribution >= 4 is 28.6 Å². The first-order valence-electron chi connectivity index (χ1n) is 9.86. The largest absolute Gasteiger partial charge is 0.466 e. The Kier molecular flexibility index (Phi) is 5.98. The van der Waals surface area contributed by atoms with Gasteiger partial charge in [-0.2, -0.15) is 0 Å². The topological polar surface area (TPSA) is 120 Å². The second-order valence-corrected chi connectivity index (χ2v) is 7.22. The number of carbonyl (C=O) groups excluding carboxylic acids is 2. The van der Waals surface area contributed by atoms with Gasteiger partial charge in [-0.25, -0.2) is 9.78 Å². The van der Waals surface area contributed by atoms with E-state index in [1.165, 1.54) is 12.0 Å². The van der Waals surface area contributed by atoms with E-state index in [-0.39, 0.29) is 36.9 Å². The smallest absolute Gasteiger partial charge is 0.337 e. The number of aromatic amines is 1. The van der Waals surface area contributed by atoms with Gasteiger partial charge >= 0.3 is 5.97 Å². The maximum absolute atomic E-state index is 12.7. The minimum absolute atomic E-state index is 0.102. The van der Waals surface area contributed by atoms with E-state index in [0.717, 1.165) is 43.2 Å². The summed E-state index contributed by atoms with van der Waals surface area (Å²) in [6.45, 7) is 3.99. The van der Waals surface area contributed by atoms with Gasteiger partial charge in [0.2, 0.25) is 0 Å². The first-order valence-corrected chi connectivity index (χ1v) is 9.86. The van der Waals surface area contributed by atoms with Crippen LogP contribution in [-0.4, -0.2) is 89.9 Å². The number of esters is 1. The van der Waals surface area contributed by atoms with Crippen molar-refractivity contribution in [2.24, 2.45) is 0 Å². The molecule has 10 heteroatoms. The number of aromatic nitrogens is 2. The lowest BCUT2D eigenvalue weighted by molar-refractivity contribution is -0.136. The summed E-state index contributed by atoms with van der Waals surface area (Å²) in [7, 11) is 1.28. The summed E-state index contributed by atoms with van der Waals surface area (Å²) in [6, 6.07) is 5.53. The summed E-state index contributed by atoms with van der Waals surface area (Å²) in [5.41, 5.74) is 2.72. The van der Waals surface area contributed by atoms with Crippen molar-refractivity contribution in [1.82, 2.24) is 19.8 Å². The van der Waals surface area contributed by atoms with Crippen LogP contribution in [0, 0.1) is 0 Å². The van der Waals surface area contributed by atoms with Crippen LogP contribution in [0.4, 0.5) is 5.69 Å². The third-order valence-electron chi connectivity index (χ3n) is 5.23. The number of nitrogens with zero attached hydrogens (tertiary/aromatic N) is 3. The standard InChI is InChI=1S/C20H25N5O5/c1-29-20(28)14-11-25(4-7-26)19(27)18(14)21-13-2-3-15-16(10-13)23-17(22-15)12-24-5-8-30-9-6-24/h2-3,10,21,26H,4-9,11-12H2,1H3,(H,22,23). The molecule has 0 aliphatic carbocycles. The Balaban J connectivity index is 1.54. The van der Waals surface area contributed by atoms with Crippen molar-refractivity contribution in [3.63, 3.8) is 0 Å². The van der Waals surface area contributed by atoms with Crippen LogP contribution >= 0.6 is 0 Å². The van der Waals surface area contributed by atoms with Crippen LogP contribution in [-0.2, 0) is 25.6 Å². The van der Waals surface area contributed by atoms with Gasteiger partial charge in [0.25, 0.3) is 5.91 Å². The van der Waals surface area contributed by atoms with Crippen LogP contribution in [0.1, 0.15) is 5.82 Å². The zero-order valence-corrected chi connectivity index (χ0v) is 16.8. The average molecular weight is 415 g/mol. The number of hydrogen-bond donors (Lipinski definition) is 3. The molecule has 1 aromatic carbocycles. The number of anilines is 1. The van der Waals surface area contributed by atoms with E-state index in [1.807, 2.05) is 18.2 Å². The maximum atomic E-state index is 12.7. The summed E-state index contributed by atoms with van der Waals surface area (Å²) in [5, 5.41) is 12.2. The fourth-order valence-corrected chi connectivity index (χ4v) is 3.68. The third-order valence-corrected chi connectivity index (χ3v) is 5.23. The SMILES string of the molecule is COC(=O)C1=C(Nc2ccc3nc(CN4CCOCC4)[nH]c3c2)C(=O)N(CCO)C1. The number of ether oxygens (including phenoxy) is 2. The molecule has 0 spiro atoms. The van der Waals surface area contributed by atoms with Gasteiger partial charge in [-0.05, 0) is 18.2 Å². The number of morpholine rings is 1. The monoisotopic (exact) mass is 415 g/mol. The van der Waals surface area contributed by atoms with E-state index in [2.05, 4.69) is 20.2 Å². The van der Waals surface area contributed by atoms with Gasteiger partial charge in [-0.15, -0.1) is 0 Å². The van der Waals surface area contributed by atoms with E-state index >= 15 is 0 Å². The molecular formula is C20H25N5O5. The summed E-state index contributed by atoms with van der Waals surface area (Å²) in [4.78, 5) is 36.4. The number of nitrogens with one attached hydrogen (secondary N) is 2. The minimum Gasteiger partial charge on any atom is -0.466 e. The third kappa shape index (κ3) is 4.16. The highest BCUT2D eigenvalue weighted by atomic mass is 16.5. The van der Waals surface area contributed by atoms with Gasteiger partial charge in [0.1, 0.15) is 11.5 Å². The van der Waals surface area contributed by atoms with E-state index in [0.29, 0.717) is 12.2 Å². The van der Waals surface area contributed by atoms with E-state index in [9.17, 15) is 14.7 Å². The molecule has 160 valence electrons. The van der Waals surface area contributed by atoms with Crippen molar-refractivity contribution in [2.75, 3.05) is 58.4 Å². The van der Waals surface area contributed by atoms with Crippen molar-refractivity contribution in [2.45, 2.75) is 6.54 Å². The van der Waals surface area contributed by atoms with Crippen molar-refractivity contribution < 1.29 is 24.2 Å². The highest BCUT2D eigenvalue weighted by Crippen LogP contribution is 2.25. The molecule has 3 N–H and O–H groups in total. The van der Waals surface area contributed by atoms with Crippen LogP contribution < -0.4 is 5.32 Å². The van der Waals surface area contributed by atoms with Crippen LogP contribution in [0.25, 0.3) is 11.0 Å². The van der Waals surface area contributed by atoms with Crippen molar-refractivity contribution in [3.8, 4) is 0 Å². The molecule has 30 heavy (non-hydrogen) atoms. The Bertz CT molecular complexity index is 979. The summed E-state index contributed by atoms with van der Waals surface area (Å²) < 4.78 is 10.2. The van der Waals surface area contributed by atoms with Crippen molar-refractivity contribution in [3.05, 3.63) is 35.3 Å². The zero-order chi connectivity index (χ0) is 21.1. The van der Waals surface area contributed by atoms with Gasteiger partial charge in [-0.1, -0.05) is 0 Å². The zero-order valence-electron chi connectivity index (χ0n) is 16.8. The molecule has 1 saturated heterocycles. The molecule has 1 aromatic heterocycles. The molecule has 4 rings (SSSR count). The Morgan fingerprint density at radius 3 is 2.90 bits per heavy atom. The quantitative estimate of drug-likeness (QED) is 0.544. The minimum atomic E-state index is -0.568. The molecule has 2 aliphatic heterocycles. The highest BCUT2D eigenvalue weighted by molar-refractivity contribution is 6.08. The molecule has 0 radical (unpaired) electrons. The fourth-order valence-electron chi connectivity index (χ4n) is 3.68. The molecule has 1 amide bonds. The van der Waals surface area contributed by atoms with Gasteiger partial charge in [0.15, 0.2) is 0 Å². The van der Waals surface area contributed by atoms with Crippen LogP contribution in [0.3, 0.4) is 0 Å². The van der Waals surface area contributed by atoms with E-state index < -0.39 is 5.97 Å². The van der Waals surface area contributed by atoms with Gasteiger partial charge in [0, 0.05) is 25.3 Å². The highest BCUT2D eigenvalue weighted by Gasteiger charge is 2.34. The number of aliphatic hydroxyl groups is 1. The lowest BCUT2D eigenvalue weighted by Crippen LogP contribution is -2.35. The number of carbonyl (C=O) groups is 2. The predicted molar refractivity (Wildman–Crippen MR) is 109 cm³/mol. The molecule has 3 heterocycles. The predicted octanol–water partition coefficient (Wildman–Crippen LogP) is 0.0686. The number of benzene rings is 1. The Morgan fingerprint density at radius 1 is 1.37 bits per heavy atom. The number of fused-ring (bicyclic) bond motifs is 1. The number of methoxy groups -OCH3 is 1. The number of β-amino-alcohol motifs (C(OH)–C–C–N with tert-alkyl or cyclic N) is 1. The Hall–Kier alpha value is -2.95. The number of hydrogen-bond acceptors (Lipinski definition) is 8. The van der Waals surface area contributed by atoms with Crippen LogP contribution in [0.2, 0.25) is 0 Å². The molecule has 2 aliphatic rings. The Morgan fingerprint density at radius 2 is 2.17 bits per heavy atom. The Labute approximate surface area is 173 Å². The molecule has 0 atom stereocenters. The molecule has 0 bridgehead atoms. The second kappa shape index (κ2) is 8.82. The summed E-state index contributed by atoms with van der Waals surface area (Å²) in [5.74, 6) is -0.0477. The lowest BCUT2D eigenvalue weighted by atomic mass is 10.2. The average Bonchev–Trinajstić information content (AvgIpc) is 3.29. The number of amides is 1. The maximum Gasteiger partial charge on any atom is 0.337 e.